The maximum absolute atomic E-state index is 2.35. The van der Waals surface area contributed by atoms with E-state index in [1.165, 1.54) is 0 Å². The van der Waals surface area contributed by atoms with E-state index < -0.39 is 0 Å². The minimum Gasteiger partial charge on any atom is -0.313 e. The van der Waals surface area contributed by atoms with Gasteiger partial charge in [-0.25, -0.2) is 5.01 Å². The second kappa shape index (κ2) is 3.77. The lowest BCUT2D eigenvalue weighted by Gasteiger charge is -2.29. The molecule has 2 nitrogen and oxygen atoms in total. The van der Waals surface area contributed by atoms with E-state index in [1.54, 1.807) is 0 Å². The molecule has 0 N–H and O–H groups in total. The Kier molecular flexibility index (Phi) is 2.94. The zero-order chi connectivity index (χ0) is 8.27. The van der Waals surface area contributed by atoms with Gasteiger partial charge in [0.05, 0.1) is 0 Å². The van der Waals surface area contributed by atoms with Gasteiger partial charge in [-0.05, 0) is 5.92 Å². The van der Waals surface area contributed by atoms with Crippen LogP contribution in [0.5, 0.6) is 0 Å². The van der Waals surface area contributed by atoms with Crippen molar-refractivity contribution in [3.05, 3.63) is 12.3 Å². The topological polar surface area (TPSA) is 6.48 Å². The Morgan fingerprint density at radius 3 is 2.73 bits per heavy atom. The molecule has 0 unspecified atom stereocenters. The van der Waals surface area contributed by atoms with Gasteiger partial charge in [0.2, 0.25) is 0 Å². The molecule has 1 heterocycles. The zero-order valence-corrected chi connectivity index (χ0v) is 7.75. The quantitative estimate of drug-likeness (QED) is 0.610. The smallest absolute Gasteiger partial charge is 0.0378 e. The monoisotopic (exact) mass is 154 g/mol. The van der Waals surface area contributed by atoms with E-state index in [0.717, 1.165) is 25.6 Å². The Bertz CT molecular complexity index is 140. The Hall–Kier alpha value is -0.500. The summed E-state index contributed by atoms with van der Waals surface area (Å²) in [4.78, 5) is 0. The van der Waals surface area contributed by atoms with Crippen molar-refractivity contribution in [2.24, 2.45) is 5.92 Å². The standard InChI is InChI=1S/C9H18N2/c1-4-10-6-5-7-11(10)8-9(2)3/h5,7,9H,4,6,8H2,1-3H3. The second-order valence-electron chi connectivity index (χ2n) is 3.41. The molecule has 0 spiro atoms. The molecule has 1 aliphatic heterocycles. The summed E-state index contributed by atoms with van der Waals surface area (Å²) < 4.78 is 0. The predicted octanol–water partition coefficient (Wildman–Crippen LogP) is 1.71. The summed E-state index contributed by atoms with van der Waals surface area (Å²) in [6.07, 6.45) is 4.40. The minimum absolute atomic E-state index is 0.742. The minimum atomic E-state index is 0.742. The van der Waals surface area contributed by atoms with Crippen LogP contribution < -0.4 is 0 Å². The van der Waals surface area contributed by atoms with Gasteiger partial charge < -0.3 is 5.01 Å². The molecule has 0 atom stereocenters. The number of hydrogen-bond acceptors (Lipinski definition) is 2. The summed E-state index contributed by atoms with van der Waals surface area (Å²) in [7, 11) is 0. The van der Waals surface area contributed by atoms with Crippen molar-refractivity contribution >= 4 is 0 Å². The van der Waals surface area contributed by atoms with Crippen LogP contribution in [-0.2, 0) is 0 Å². The molecule has 0 saturated heterocycles. The van der Waals surface area contributed by atoms with Gasteiger partial charge in [-0.2, -0.15) is 0 Å². The molecule has 0 saturated carbocycles. The van der Waals surface area contributed by atoms with E-state index in [-0.39, 0.29) is 0 Å². The number of rotatable bonds is 3. The summed E-state index contributed by atoms with van der Waals surface area (Å²) in [5, 5.41) is 4.66. The average Bonchev–Trinajstić information content (AvgIpc) is 2.34. The summed E-state index contributed by atoms with van der Waals surface area (Å²) in [6, 6.07) is 0. The van der Waals surface area contributed by atoms with Gasteiger partial charge in [-0.1, -0.05) is 26.8 Å². The van der Waals surface area contributed by atoms with Crippen LogP contribution in [0.4, 0.5) is 0 Å². The molecule has 0 bridgehead atoms. The first kappa shape index (κ1) is 8.60. The molecule has 1 rings (SSSR count). The first-order valence-corrected chi connectivity index (χ1v) is 4.42. The molecule has 0 fully saturated rings. The van der Waals surface area contributed by atoms with Crippen molar-refractivity contribution in [1.29, 1.82) is 0 Å². The number of likely N-dealkylation sites (N-methyl/N-ethyl adjacent to an activating group) is 1. The lowest BCUT2D eigenvalue weighted by Crippen LogP contribution is -2.37. The van der Waals surface area contributed by atoms with Crippen molar-refractivity contribution in [1.82, 2.24) is 10.0 Å². The lowest BCUT2D eigenvalue weighted by molar-refractivity contribution is 0.0471. The van der Waals surface area contributed by atoms with Gasteiger partial charge in [-0.15, -0.1) is 0 Å². The molecule has 64 valence electrons. The van der Waals surface area contributed by atoms with Gasteiger partial charge in [0.1, 0.15) is 0 Å². The summed E-state index contributed by atoms with van der Waals surface area (Å²) >= 11 is 0. The van der Waals surface area contributed by atoms with Crippen LogP contribution >= 0.6 is 0 Å². The van der Waals surface area contributed by atoms with E-state index in [0.29, 0.717) is 0 Å². The Balaban J connectivity index is 2.37. The van der Waals surface area contributed by atoms with Crippen molar-refractivity contribution in [2.45, 2.75) is 20.8 Å². The van der Waals surface area contributed by atoms with Crippen LogP contribution in [0.2, 0.25) is 0 Å². The highest BCUT2D eigenvalue weighted by Gasteiger charge is 2.13. The highest BCUT2D eigenvalue weighted by Crippen LogP contribution is 2.09. The van der Waals surface area contributed by atoms with E-state index in [1.807, 2.05) is 0 Å². The maximum Gasteiger partial charge on any atom is 0.0378 e. The Labute approximate surface area is 69.5 Å². The summed E-state index contributed by atoms with van der Waals surface area (Å²) in [5.74, 6) is 0.742. The van der Waals surface area contributed by atoms with Crippen molar-refractivity contribution in [3.63, 3.8) is 0 Å². The highest BCUT2D eigenvalue weighted by atomic mass is 15.6. The van der Waals surface area contributed by atoms with Crippen molar-refractivity contribution in [2.75, 3.05) is 19.6 Å². The fourth-order valence-electron chi connectivity index (χ4n) is 1.35. The van der Waals surface area contributed by atoms with Crippen LogP contribution in [0.25, 0.3) is 0 Å². The highest BCUT2D eigenvalue weighted by molar-refractivity contribution is 4.91. The molecule has 0 aromatic heterocycles. The third-order valence-corrected chi connectivity index (χ3v) is 1.87. The summed E-state index contributed by atoms with van der Waals surface area (Å²) in [6.45, 7) is 10.0. The predicted molar refractivity (Wildman–Crippen MR) is 47.9 cm³/mol. The Morgan fingerprint density at radius 1 is 1.45 bits per heavy atom. The third kappa shape index (κ3) is 2.22. The normalized spacial score (nSPS) is 18.7. The maximum atomic E-state index is 2.35. The number of hydrogen-bond donors (Lipinski definition) is 0. The van der Waals surface area contributed by atoms with Crippen LogP contribution in [0.1, 0.15) is 20.8 Å². The molecule has 0 aromatic carbocycles. The molecular weight excluding hydrogens is 136 g/mol. The van der Waals surface area contributed by atoms with E-state index >= 15 is 0 Å². The number of hydrazine groups is 1. The van der Waals surface area contributed by atoms with E-state index in [4.69, 9.17) is 0 Å². The lowest BCUT2D eigenvalue weighted by atomic mass is 10.2. The second-order valence-corrected chi connectivity index (χ2v) is 3.41. The van der Waals surface area contributed by atoms with Crippen LogP contribution in [0, 0.1) is 5.92 Å². The Morgan fingerprint density at radius 2 is 2.18 bits per heavy atom. The summed E-state index contributed by atoms with van der Waals surface area (Å²) in [5.41, 5.74) is 0. The van der Waals surface area contributed by atoms with E-state index in [2.05, 4.69) is 43.1 Å². The third-order valence-electron chi connectivity index (χ3n) is 1.87. The van der Waals surface area contributed by atoms with Gasteiger partial charge in [-0.3, -0.25) is 0 Å². The van der Waals surface area contributed by atoms with Gasteiger partial charge in [0.15, 0.2) is 0 Å². The van der Waals surface area contributed by atoms with Crippen LogP contribution in [-0.4, -0.2) is 29.7 Å². The molecule has 2 heteroatoms. The van der Waals surface area contributed by atoms with Gasteiger partial charge in [0.25, 0.3) is 0 Å². The molecular formula is C9H18N2. The first-order valence-electron chi connectivity index (χ1n) is 4.42. The zero-order valence-electron chi connectivity index (χ0n) is 7.75. The van der Waals surface area contributed by atoms with Crippen molar-refractivity contribution in [3.8, 4) is 0 Å². The molecule has 1 aliphatic rings. The molecule has 0 amide bonds. The first-order chi connectivity index (χ1) is 5.24. The molecule has 0 aromatic rings. The van der Waals surface area contributed by atoms with Crippen LogP contribution in [0.15, 0.2) is 12.3 Å². The largest absolute Gasteiger partial charge is 0.313 e. The molecule has 0 aliphatic carbocycles. The number of nitrogens with zero attached hydrogens (tertiary/aromatic N) is 2. The average molecular weight is 154 g/mol. The molecule has 11 heavy (non-hydrogen) atoms. The van der Waals surface area contributed by atoms with Gasteiger partial charge in [0, 0.05) is 25.8 Å². The SMILES string of the molecule is CCN1CC=CN1CC(C)C. The van der Waals surface area contributed by atoms with E-state index in [9.17, 15) is 0 Å². The fraction of sp³-hybridized carbons (Fsp3) is 0.778. The van der Waals surface area contributed by atoms with Crippen LogP contribution in [0.3, 0.4) is 0 Å². The van der Waals surface area contributed by atoms with Gasteiger partial charge >= 0.3 is 0 Å². The molecule has 0 radical (unpaired) electrons. The fourth-order valence-corrected chi connectivity index (χ4v) is 1.35. The van der Waals surface area contributed by atoms with Crippen molar-refractivity contribution < 1.29 is 0 Å².